The summed E-state index contributed by atoms with van der Waals surface area (Å²) in [6, 6.07) is 18.1. The number of hydrogen-bond donors (Lipinski definition) is 0. The number of benzene rings is 2. The van der Waals surface area contributed by atoms with Crippen LogP contribution in [0.1, 0.15) is 165 Å². The minimum Gasteiger partial charge on any atom is -0.365 e. The molecule has 2 heterocycles. The van der Waals surface area contributed by atoms with Gasteiger partial charge >= 0.3 is 0 Å². The van der Waals surface area contributed by atoms with E-state index in [4.69, 9.17) is 24.7 Å². The van der Waals surface area contributed by atoms with Crippen molar-refractivity contribution >= 4 is 0 Å². The second-order valence-electron chi connectivity index (χ2n) is 16.4. The predicted octanol–water partition coefficient (Wildman–Crippen LogP) is 13.3. The van der Waals surface area contributed by atoms with Gasteiger partial charge in [0.1, 0.15) is 0 Å². The zero-order chi connectivity index (χ0) is 36.8. The molecule has 0 spiro atoms. The van der Waals surface area contributed by atoms with Crippen molar-refractivity contribution in [2.75, 3.05) is 0 Å². The molecule has 2 aliphatic rings. The maximum absolute atomic E-state index is 7.65. The molecule has 0 amide bonds. The van der Waals surface area contributed by atoms with Crippen LogP contribution in [-0.4, -0.2) is 19.9 Å². The van der Waals surface area contributed by atoms with E-state index in [0.717, 1.165) is 60.3 Å². The van der Waals surface area contributed by atoms with Crippen molar-refractivity contribution in [2.45, 2.75) is 155 Å². The smallest absolute Gasteiger partial charge is 0.159 e. The highest BCUT2D eigenvalue weighted by Gasteiger charge is 2.36. The van der Waals surface area contributed by atoms with E-state index < -0.39 is 0 Å². The van der Waals surface area contributed by atoms with Gasteiger partial charge in [-0.1, -0.05) is 153 Å². The lowest BCUT2D eigenvalue weighted by atomic mass is 9.74. The van der Waals surface area contributed by atoms with Gasteiger partial charge in [-0.05, 0) is 84.5 Å². The van der Waals surface area contributed by atoms with Crippen LogP contribution in [0.3, 0.4) is 0 Å². The molecule has 2 atom stereocenters. The Bertz CT molecular complexity index is 1480. The van der Waals surface area contributed by atoms with Gasteiger partial charge in [0.15, 0.2) is 11.6 Å². The maximum atomic E-state index is 7.65. The van der Waals surface area contributed by atoms with E-state index in [-0.39, 0.29) is 12.2 Å². The molecule has 0 saturated heterocycles. The summed E-state index contributed by atoms with van der Waals surface area (Å²) in [4.78, 5) is 18.9. The third-order valence-corrected chi connectivity index (χ3v) is 12.3. The number of unbranched alkanes of at least 4 members (excludes halogenated alkanes) is 2. The van der Waals surface area contributed by atoms with E-state index in [1.165, 1.54) is 112 Å². The van der Waals surface area contributed by atoms with Crippen LogP contribution in [0.4, 0.5) is 0 Å². The van der Waals surface area contributed by atoms with E-state index in [0.29, 0.717) is 11.8 Å². The molecule has 4 aromatic rings. The molecule has 2 fully saturated rings. The topological polar surface area (TPSA) is 60.8 Å². The van der Waals surface area contributed by atoms with Gasteiger partial charge in [0, 0.05) is 35.9 Å². The number of ether oxygens (including phenoxy) is 1. The third-order valence-electron chi connectivity index (χ3n) is 12.3. The van der Waals surface area contributed by atoms with Gasteiger partial charge in [-0.25, -0.2) is 19.9 Å². The summed E-state index contributed by atoms with van der Waals surface area (Å²) in [5.41, 5.74) is 7.14. The Labute approximate surface area is 321 Å². The van der Waals surface area contributed by atoms with E-state index >= 15 is 0 Å². The van der Waals surface area contributed by atoms with E-state index in [1.807, 2.05) is 24.8 Å². The molecule has 2 aromatic carbocycles. The quantitative estimate of drug-likeness (QED) is 0.103. The van der Waals surface area contributed by atoms with Crippen LogP contribution < -0.4 is 0 Å². The minimum atomic E-state index is 0.0564. The normalized spacial score (nSPS) is 21.7. The fourth-order valence-electron chi connectivity index (χ4n) is 9.11. The first kappa shape index (κ1) is 39.3. The van der Waals surface area contributed by atoms with Gasteiger partial charge in [0.25, 0.3) is 0 Å². The molecule has 2 aromatic heterocycles. The molecule has 5 heteroatoms. The molecule has 2 unspecified atom stereocenters. The lowest BCUT2D eigenvalue weighted by molar-refractivity contribution is -0.0907. The van der Waals surface area contributed by atoms with E-state index in [1.54, 1.807) is 0 Å². The molecule has 53 heavy (non-hydrogen) atoms. The zero-order valence-corrected chi connectivity index (χ0v) is 33.3. The Hall–Kier alpha value is -3.44. The fraction of sp³-hybridized carbons (Fsp3) is 0.583. The van der Waals surface area contributed by atoms with Crippen molar-refractivity contribution in [3.63, 3.8) is 0 Å². The lowest BCUT2D eigenvalue weighted by Gasteiger charge is -2.40. The molecular weight excluding hydrogens is 649 g/mol. The van der Waals surface area contributed by atoms with Gasteiger partial charge in [0.05, 0.1) is 12.2 Å². The molecule has 0 aliphatic heterocycles. The van der Waals surface area contributed by atoms with Crippen LogP contribution >= 0.6 is 0 Å². The maximum Gasteiger partial charge on any atom is 0.159 e. The molecule has 2 saturated carbocycles. The average molecular weight is 715 g/mol. The van der Waals surface area contributed by atoms with E-state index in [9.17, 15) is 0 Å². The molecular formula is C48H66N4O. The van der Waals surface area contributed by atoms with Crippen LogP contribution in [0.2, 0.25) is 0 Å². The molecule has 284 valence electrons. The molecule has 2 aliphatic carbocycles. The number of rotatable bonds is 18. The monoisotopic (exact) mass is 715 g/mol. The fourth-order valence-corrected chi connectivity index (χ4v) is 9.11. The second-order valence-corrected chi connectivity index (χ2v) is 16.4. The summed E-state index contributed by atoms with van der Waals surface area (Å²) in [7, 11) is 0. The highest BCUT2D eigenvalue weighted by Crippen LogP contribution is 2.47. The van der Waals surface area contributed by atoms with Gasteiger partial charge < -0.3 is 4.74 Å². The molecule has 0 N–H and O–H groups in total. The lowest BCUT2D eigenvalue weighted by Crippen LogP contribution is -2.28. The molecule has 0 bridgehead atoms. The van der Waals surface area contributed by atoms with E-state index in [2.05, 4.69) is 76.2 Å². The summed E-state index contributed by atoms with van der Waals surface area (Å²) in [6.45, 7) is 9.04. The van der Waals surface area contributed by atoms with Crippen LogP contribution in [0, 0.1) is 23.7 Å². The predicted molar refractivity (Wildman–Crippen MR) is 219 cm³/mol. The standard InChI is InChI=1S/C48H66N4O/c1-5-9-13-35-15-19-39(20-16-35)45(41-23-27-43(28-24-41)47-49-31-37(11-7-3)32-50-47)53-46(40-21-17-36(18-22-40)14-10-6-2)42-25-29-44(30-26-42)48-51-33-38(12-8-4)34-52-48/h23-36,39-40,45-46H,5-22H2,1-4H3. The minimum absolute atomic E-state index is 0.0564. The Morgan fingerprint density at radius 2 is 0.849 bits per heavy atom. The van der Waals surface area contributed by atoms with Crippen LogP contribution in [-0.2, 0) is 17.6 Å². The third kappa shape index (κ3) is 10.8. The molecule has 6 rings (SSSR count). The number of aryl methyl sites for hydroxylation is 2. The summed E-state index contributed by atoms with van der Waals surface area (Å²) >= 11 is 0. The summed E-state index contributed by atoms with van der Waals surface area (Å²) in [6.07, 6.45) is 30.6. The number of nitrogens with zero attached hydrogens (tertiary/aromatic N) is 4. The Kier molecular flexibility index (Phi) is 15.0. The number of aromatic nitrogens is 4. The summed E-state index contributed by atoms with van der Waals surface area (Å²) in [5.74, 6) is 4.35. The highest BCUT2D eigenvalue weighted by molar-refractivity contribution is 5.56. The number of hydrogen-bond acceptors (Lipinski definition) is 5. The van der Waals surface area contributed by atoms with Crippen LogP contribution in [0.25, 0.3) is 22.8 Å². The van der Waals surface area contributed by atoms with Gasteiger partial charge in [-0.2, -0.15) is 0 Å². The summed E-state index contributed by atoms with van der Waals surface area (Å²) in [5, 5.41) is 0. The highest BCUT2D eigenvalue weighted by atomic mass is 16.5. The van der Waals surface area contributed by atoms with Crippen molar-refractivity contribution < 1.29 is 4.74 Å². The van der Waals surface area contributed by atoms with Crippen molar-refractivity contribution in [3.8, 4) is 22.8 Å². The van der Waals surface area contributed by atoms with Crippen LogP contribution in [0.5, 0.6) is 0 Å². The van der Waals surface area contributed by atoms with Crippen molar-refractivity contribution in [2.24, 2.45) is 23.7 Å². The van der Waals surface area contributed by atoms with Crippen LogP contribution in [0.15, 0.2) is 73.3 Å². The van der Waals surface area contributed by atoms with Gasteiger partial charge in [-0.15, -0.1) is 0 Å². The Morgan fingerprint density at radius 3 is 1.17 bits per heavy atom. The Balaban J connectivity index is 1.28. The molecule has 0 radical (unpaired) electrons. The Morgan fingerprint density at radius 1 is 0.491 bits per heavy atom. The first-order valence-corrected chi connectivity index (χ1v) is 21.6. The van der Waals surface area contributed by atoms with Crippen molar-refractivity contribution in [3.05, 3.63) is 95.6 Å². The SMILES string of the molecule is CCCCC1CCC(C(OC(c2ccc(-c3ncc(CCC)cn3)cc2)C2CCC(CCCC)CC2)c2ccc(-c3ncc(CCC)cn3)cc2)CC1. The summed E-state index contributed by atoms with van der Waals surface area (Å²) < 4.78 is 7.65. The van der Waals surface area contributed by atoms with Gasteiger partial charge in [0.2, 0.25) is 0 Å². The second kappa shape index (κ2) is 20.3. The first-order valence-electron chi connectivity index (χ1n) is 21.6. The largest absolute Gasteiger partial charge is 0.365 e. The van der Waals surface area contributed by atoms with Crippen molar-refractivity contribution in [1.82, 2.24) is 19.9 Å². The first-order chi connectivity index (χ1) is 26.1. The average Bonchev–Trinajstić information content (AvgIpc) is 3.21. The zero-order valence-electron chi connectivity index (χ0n) is 33.3. The van der Waals surface area contributed by atoms with Crippen molar-refractivity contribution in [1.29, 1.82) is 0 Å². The van der Waals surface area contributed by atoms with Gasteiger partial charge in [-0.3, -0.25) is 0 Å². The molecule has 5 nitrogen and oxygen atoms in total.